The molecule has 2 nitrogen and oxygen atoms in total. The summed E-state index contributed by atoms with van der Waals surface area (Å²) in [4.78, 5) is 2.40. The van der Waals surface area contributed by atoms with E-state index < -0.39 is 0 Å². The molecule has 19 heavy (non-hydrogen) atoms. The molecule has 1 fully saturated rings. The Kier molecular flexibility index (Phi) is 6.76. The zero-order valence-electron chi connectivity index (χ0n) is 11.6. The first-order valence-electron chi connectivity index (χ1n) is 6.90. The van der Waals surface area contributed by atoms with Crippen LogP contribution < -0.4 is 5.73 Å². The van der Waals surface area contributed by atoms with E-state index in [4.69, 9.17) is 5.73 Å². The minimum atomic E-state index is -0.0855. The summed E-state index contributed by atoms with van der Waals surface area (Å²) in [6.45, 7) is 4.52. The fourth-order valence-corrected chi connectivity index (χ4v) is 2.83. The van der Waals surface area contributed by atoms with Crippen LogP contribution in [0.2, 0.25) is 0 Å². The number of nitrogens with two attached hydrogens (primary N) is 1. The Morgan fingerprint density at radius 2 is 2.16 bits per heavy atom. The number of rotatable bonds is 4. The van der Waals surface area contributed by atoms with Crippen molar-refractivity contribution in [3.8, 4) is 0 Å². The Labute approximate surface area is 121 Å². The van der Waals surface area contributed by atoms with Crippen molar-refractivity contribution < 1.29 is 4.39 Å². The van der Waals surface area contributed by atoms with Gasteiger partial charge in [-0.15, -0.1) is 12.4 Å². The first kappa shape index (κ1) is 16.4. The maximum absolute atomic E-state index is 13.8. The van der Waals surface area contributed by atoms with Gasteiger partial charge in [0.2, 0.25) is 0 Å². The van der Waals surface area contributed by atoms with E-state index in [2.05, 4.69) is 4.90 Å². The molecule has 0 amide bonds. The minimum absolute atomic E-state index is 0. The van der Waals surface area contributed by atoms with E-state index in [1.54, 1.807) is 6.07 Å². The second-order valence-corrected chi connectivity index (χ2v) is 5.29. The third kappa shape index (κ3) is 4.44. The van der Waals surface area contributed by atoms with Gasteiger partial charge in [-0.2, -0.15) is 0 Å². The first-order chi connectivity index (χ1) is 8.70. The topological polar surface area (TPSA) is 29.3 Å². The number of benzene rings is 1. The number of hydrogen-bond donors (Lipinski definition) is 1. The molecular formula is C15H24ClFN2. The van der Waals surface area contributed by atoms with E-state index in [9.17, 15) is 4.39 Å². The van der Waals surface area contributed by atoms with E-state index in [1.165, 1.54) is 19.3 Å². The van der Waals surface area contributed by atoms with Crippen molar-refractivity contribution in [3.05, 3.63) is 35.1 Å². The lowest BCUT2D eigenvalue weighted by Crippen LogP contribution is -2.40. The second-order valence-electron chi connectivity index (χ2n) is 5.29. The van der Waals surface area contributed by atoms with E-state index in [1.807, 2.05) is 19.1 Å². The van der Waals surface area contributed by atoms with Gasteiger partial charge < -0.3 is 5.73 Å². The normalized spacial score (nSPS) is 20.1. The third-order valence-electron chi connectivity index (χ3n) is 3.82. The van der Waals surface area contributed by atoms with Crippen LogP contribution in [0.15, 0.2) is 18.2 Å². The summed E-state index contributed by atoms with van der Waals surface area (Å²) in [6.07, 6.45) is 4.71. The van der Waals surface area contributed by atoms with Crippen LogP contribution in [0.5, 0.6) is 0 Å². The SMILES string of the molecule is Cc1ccc(F)c(CN2CCCCC2CCN)c1.Cl. The molecule has 1 saturated heterocycles. The maximum Gasteiger partial charge on any atom is 0.127 e. The Bertz CT molecular complexity index is 396. The van der Waals surface area contributed by atoms with Crippen molar-refractivity contribution >= 4 is 12.4 Å². The summed E-state index contributed by atoms with van der Waals surface area (Å²) in [7, 11) is 0. The van der Waals surface area contributed by atoms with Crippen LogP contribution in [0.3, 0.4) is 0 Å². The van der Waals surface area contributed by atoms with Gasteiger partial charge in [0.15, 0.2) is 0 Å². The number of likely N-dealkylation sites (tertiary alicyclic amines) is 1. The Morgan fingerprint density at radius 1 is 1.37 bits per heavy atom. The lowest BCUT2D eigenvalue weighted by Gasteiger charge is -2.35. The molecule has 1 heterocycles. The number of piperidine rings is 1. The van der Waals surface area contributed by atoms with Crippen LogP contribution in [0.1, 0.15) is 36.8 Å². The molecule has 1 aliphatic heterocycles. The molecule has 1 aliphatic rings. The number of nitrogens with zero attached hydrogens (tertiary/aromatic N) is 1. The van der Waals surface area contributed by atoms with Gasteiger partial charge >= 0.3 is 0 Å². The van der Waals surface area contributed by atoms with E-state index in [-0.39, 0.29) is 18.2 Å². The maximum atomic E-state index is 13.8. The highest BCUT2D eigenvalue weighted by atomic mass is 35.5. The molecule has 0 bridgehead atoms. The minimum Gasteiger partial charge on any atom is -0.330 e. The molecular weight excluding hydrogens is 263 g/mol. The molecule has 2 N–H and O–H groups in total. The first-order valence-corrected chi connectivity index (χ1v) is 6.90. The van der Waals surface area contributed by atoms with Gasteiger partial charge in [-0.25, -0.2) is 4.39 Å². The summed E-state index contributed by atoms with van der Waals surface area (Å²) in [6, 6.07) is 5.89. The van der Waals surface area contributed by atoms with E-state index >= 15 is 0 Å². The van der Waals surface area contributed by atoms with Crippen molar-refractivity contribution in [2.45, 2.75) is 45.2 Å². The lowest BCUT2D eigenvalue weighted by molar-refractivity contribution is 0.132. The molecule has 1 atom stereocenters. The number of halogens is 2. The average Bonchev–Trinajstić information content (AvgIpc) is 2.36. The fourth-order valence-electron chi connectivity index (χ4n) is 2.83. The van der Waals surface area contributed by atoms with Crippen molar-refractivity contribution in [1.82, 2.24) is 4.90 Å². The van der Waals surface area contributed by atoms with Gasteiger partial charge in [0, 0.05) is 18.2 Å². The summed E-state index contributed by atoms with van der Waals surface area (Å²) >= 11 is 0. The van der Waals surface area contributed by atoms with Crippen LogP contribution in [-0.2, 0) is 6.54 Å². The standard InChI is InChI=1S/C15H23FN2.ClH/c1-12-5-6-15(16)13(10-12)11-18-9-3-2-4-14(18)7-8-17;/h5-6,10,14H,2-4,7-9,11,17H2,1H3;1H. The average molecular weight is 287 g/mol. The Balaban J connectivity index is 0.00000180. The molecule has 1 aromatic carbocycles. The highest BCUT2D eigenvalue weighted by Crippen LogP contribution is 2.22. The van der Waals surface area contributed by atoms with Crippen molar-refractivity contribution in [2.75, 3.05) is 13.1 Å². The smallest absolute Gasteiger partial charge is 0.127 e. The van der Waals surface area contributed by atoms with E-state index in [0.717, 1.165) is 37.2 Å². The zero-order chi connectivity index (χ0) is 13.0. The third-order valence-corrected chi connectivity index (χ3v) is 3.82. The van der Waals surface area contributed by atoms with Crippen LogP contribution >= 0.6 is 12.4 Å². The van der Waals surface area contributed by atoms with E-state index in [0.29, 0.717) is 6.04 Å². The zero-order valence-corrected chi connectivity index (χ0v) is 12.4. The summed E-state index contributed by atoms with van der Waals surface area (Å²) in [5.41, 5.74) is 7.61. The predicted octanol–water partition coefficient (Wildman–Crippen LogP) is 3.26. The monoisotopic (exact) mass is 286 g/mol. The Hall–Kier alpha value is -0.640. The van der Waals surface area contributed by atoms with Crippen LogP contribution in [0.25, 0.3) is 0 Å². The summed E-state index contributed by atoms with van der Waals surface area (Å²) in [5, 5.41) is 0. The lowest BCUT2D eigenvalue weighted by atomic mass is 9.98. The van der Waals surface area contributed by atoms with Gasteiger partial charge in [0.1, 0.15) is 5.82 Å². The highest BCUT2D eigenvalue weighted by molar-refractivity contribution is 5.85. The summed E-state index contributed by atoms with van der Waals surface area (Å²) in [5.74, 6) is -0.0855. The molecule has 0 radical (unpaired) electrons. The molecule has 108 valence electrons. The molecule has 1 aromatic rings. The molecule has 0 saturated carbocycles. The summed E-state index contributed by atoms with van der Waals surface area (Å²) < 4.78 is 13.8. The van der Waals surface area contributed by atoms with Crippen molar-refractivity contribution in [1.29, 1.82) is 0 Å². The van der Waals surface area contributed by atoms with Crippen molar-refractivity contribution in [3.63, 3.8) is 0 Å². The van der Waals surface area contributed by atoms with Gasteiger partial charge in [0.25, 0.3) is 0 Å². The van der Waals surface area contributed by atoms with Gasteiger partial charge in [-0.05, 0) is 45.3 Å². The highest BCUT2D eigenvalue weighted by Gasteiger charge is 2.22. The van der Waals surface area contributed by atoms with Gasteiger partial charge in [-0.1, -0.05) is 24.1 Å². The molecule has 2 rings (SSSR count). The molecule has 0 aliphatic carbocycles. The Morgan fingerprint density at radius 3 is 2.89 bits per heavy atom. The van der Waals surface area contributed by atoms with Crippen molar-refractivity contribution in [2.24, 2.45) is 5.73 Å². The molecule has 4 heteroatoms. The number of aryl methyl sites for hydroxylation is 1. The fraction of sp³-hybridized carbons (Fsp3) is 0.600. The molecule has 0 aromatic heterocycles. The molecule has 0 spiro atoms. The second kappa shape index (κ2) is 7.83. The van der Waals surface area contributed by atoms with Crippen LogP contribution in [0.4, 0.5) is 4.39 Å². The predicted molar refractivity (Wildman–Crippen MR) is 80.1 cm³/mol. The van der Waals surface area contributed by atoms with Crippen LogP contribution in [-0.4, -0.2) is 24.0 Å². The number of hydrogen-bond acceptors (Lipinski definition) is 2. The van der Waals surface area contributed by atoms with Gasteiger partial charge in [0.05, 0.1) is 0 Å². The largest absolute Gasteiger partial charge is 0.330 e. The van der Waals surface area contributed by atoms with Gasteiger partial charge in [-0.3, -0.25) is 4.90 Å². The van der Waals surface area contributed by atoms with Crippen LogP contribution in [0, 0.1) is 12.7 Å². The quantitative estimate of drug-likeness (QED) is 0.920. The molecule has 1 unspecified atom stereocenters.